The zero-order valence-electron chi connectivity index (χ0n) is 14.2. The lowest BCUT2D eigenvalue weighted by atomic mass is 9.86. The zero-order valence-corrected chi connectivity index (χ0v) is 14.2. The highest BCUT2D eigenvalue weighted by molar-refractivity contribution is 5.44. The van der Waals surface area contributed by atoms with Crippen molar-refractivity contribution in [1.82, 2.24) is 19.3 Å². The number of aromatic nitrogens is 3. The van der Waals surface area contributed by atoms with Crippen molar-refractivity contribution in [1.29, 1.82) is 0 Å². The first kappa shape index (κ1) is 16.7. The van der Waals surface area contributed by atoms with E-state index in [1.165, 1.54) is 6.20 Å². The Labute approximate surface area is 143 Å². The molecule has 1 N–H and O–H groups in total. The van der Waals surface area contributed by atoms with Gasteiger partial charge in [0.15, 0.2) is 0 Å². The summed E-state index contributed by atoms with van der Waals surface area (Å²) < 4.78 is 33.9. The SMILES string of the molecule is COC1CN(Cc2cn3c(C4CCC(F)(F)CC4)ncc3c(=O)[nH]2)C1. The number of methoxy groups -OCH3 is 1. The molecule has 4 rings (SSSR count). The summed E-state index contributed by atoms with van der Waals surface area (Å²) in [5.74, 6) is -1.88. The monoisotopic (exact) mass is 352 g/mol. The summed E-state index contributed by atoms with van der Waals surface area (Å²) in [7, 11) is 1.70. The second-order valence-corrected chi connectivity index (χ2v) is 7.16. The van der Waals surface area contributed by atoms with Crippen LogP contribution >= 0.6 is 0 Å². The minimum absolute atomic E-state index is 0.0290. The van der Waals surface area contributed by atoms with Crippen LogP contribution in [0.2, 0.25) is 0 Å². The Morgan fingerprint density at radius 2 is 2.08 bits per heavy atom. The van der Waals surface area contributed by atoms with E-state index < -0.39 is 5.92 Å². The quantitative estimate of drug-likeness (QED) is 0.916. The van der Waals surface area contributed by atoms with Crippen LogP contribution in [-0.2, 0) is 11.3 Å². The van der Waals surface area contributed by atoms with Crippen molar-refractivity contribution in [3.8, 4) is 0 Å². The lowest BCUT2D eigenvalue weighted by molar-refractivity contribution is -0.0388. The largest absolute Gasteiger partial charge is 0.379 e. The van der Waals surface area contributed by atoms with Gasteiger partial charge in [-0.1, -0.05) is 0 Å². The van der Waals surface area contributed by atoms with Crippen molar-refractivity contribution in [2.24, 2.45) is 0 Å². The van der Waals surface area contributed by atoms with E-state index in [9.17, 15) is 13.6 Å². The predicted molar refractivity (Wildman–Crippen MR) is 88.0 cm³/mol. The topological polar surface area (TPSA) is 62.6 Å². The molecule has 6 nitrogen and oxygen atoms in total. The summed E-state index contributed by atoms with van der Waals surface area (Å²) >= 11 is 0. The predicted octanol–water partition coefficient (Wildman–Crippen LogP) is 2.15. The van der Waals surface area contributed by atoms with Crippen molar-refractivity contribution < 1.29 is 13.5 Å². The Bertz CT molecular complexity index is 816. The number of fused-ring (bicyclic) bond motifs is 1. The van der Waals surface area contributed by atoms with E-state index in [0.717, 1.165) is 24.6 Å². The number of nitrogens with one attached hydrogen (secondary N) is 1. The second-order valence-electron chi connectivity index (χ2n) is 7.16. The molecule has 25 heavy (non-hydrogen) atoms. The summed E-state index contributed by atoms with van der Waals surface area (Å²) in [4.78, 5) is 21.8. The summed E-state index contributed by atoms with van der Waals surface area (Å²) in [5.41, 5.74) is 1.07. The highest BCUT2D eigenvalue weighted by Crippen LogP contribution is 2.40. The number of hydrogen-bond acceptors (Lipinski definition) is 4. The Kier molecular flexibility index (Phi) is 4.11. The third kappa shape index (κ3) is 3.20. The normalized spacial score (nSPS) is 22.4. The fraction of sp³-hybridized carbons (Fsp3) is 0.647. The minimum atomic E-state index is -2.57. The molecule has 0 atom stereocenters. The van der Waals surface area contributed by atoms with Crippen molar-refractivity contribution >= 4 is 5.52 Å². The highest BCUT2D eigenvalue weighted by Gasteiger charge is 2.36. The molecular weight excluding hydrogens is 330 g/mol. The number of aromatic amines is 1. The first-order chi connectivity index (χ1) is 11.9. The van der Waals surface area contributed by atoms with E-state index >= 15 is 0 Å². The minimum Gasteiger partial charge on any atom is -0.379 e. The Morgan fingerprint density at radius 1 is 1.36 bits per heavy atom. The van der Waals surface area contributed by atoms with Crippen molar-refractivity contribution in [2.75, 3.05) is 20.2 Å². The standard InChI is InChI=1S/C17H22F2N4O2/c1-25-13-9-22(10-13)7-12-8-23-14(16(24)21-12)6-20-15(23)11-2-4-17(18,19)5-3-11/h6,8,11,13H,2-5,7,9-10H2,1H3,(H,21,24). The fourth-order valence-electron chi connectivity index (χ4n) is 3.80. The van der Waals surface area contributed by atoms with Gasteiger partial charge in [-0.25, -0.2) is 13.8 Å². The molecule has 0 radical (unpaired) electrons. The number of alkyl halides is 2. The van der Waals surface area contributed by atoms with Crippen LogP contribution in [-0.4, -0.2) is 51.5 Å². The van der Waals surface area contributed by atoms with Gasteiger partial charge in [-0.3, -0.25) is 14.1 Å². The Balaban J connectivity index is 1.58. The first-order valence-corrected chi connectivity index (χ1v) is 8.67. The Hall–Kier alpha value is -1.80. The smallest absolute Gasteiger partial charge is 0.274 e. The van der Waals surface area contributed by atoms with Crippen molar-refractivity contribution in [2.45, 2.75) is 50.2 Å². The number of likely N-dealkylation sites (tertiary alicyclic amines) is 1. The average Bonchev–Trinajstić information content (AvgIpc) is 2.95. The molecular formula is C17H22F2N4O2. The van der Waals surface area contributed by atoms with Crippen molar-refractivity contribution in [3.63, 3.8) is 0 Å². The summed E-state index contributed by atoms with van der Waals surface area (Å²) in [5, 5.41) is 0. The molecule has 2 aromatic heterocycles. The molecule has 1 saturated carbocycles. The third-order valence-corrected chi connectivity index (χ3v) is 5.35. The lowest BCUT2D eigenvalue weighted by Crippen LogP contribution is -2.51. The molecule has 1 aliphatic carbocycles. The van der Waals surface area contributed by atoms with Gasteiger partial charge < -0.3 is 9.72 Å². The van der Waals surface area contributed by atoms with Crippen molar-refractivity contribution in [3.05, 3.63) is 34.3 Å². The van der Waals surface area contributed by atoms with Crippen LogP contribution < -0.4 is 5.56 Å². The van der Waals surface area contributed by atoms with Gasteiger partial charge >= 0.3 is 0 Å². The molecule has 2 aromatic rings. The maximum Gasteiger partial charge on any atom is 0.274 e. The van der Waals surface area contributed by atoms with Crippen LogP contribution in [0.15, 0.2) is 17.2 Å². The maximum atomic E-state index is 13.4. The number of halogens is 2. The Morgan fingerprint density at radius 3 is 2.76 bits per heavy atom. The zero-order chi connectivity index (χ0) is 17.6. The molecule has 0 amide bonds. The van der Waals surface area contributed by atoms with Gasteiger partial charge in [0.05, 0.1) is 12.3 Å². The molecule has 136 valence electrons. The van der Waals surface area contributed by atoms with Crippen LogP contribution in [0.4, 0.5) is 8.78 Å². The van der Waals surface area contributed by atoms with Gasteiger partial charge in [0, 0.05) is 57.4 Å². The summed E-state index contributed by atoms with van der Waals surface area (Å²) in [6.07, 6.45) is 4.24. The molecule has 2 fully saturated rings. The van der Waals surface area contributed by atoms with Gasteiger partial charge in [0.25, 0.3) is 5.56 Å². The second kappa shape index (κ2) is 6.17. The number of imidazole rings is 1. The first-order valence-electron chi connectivity index (χ1n) is 8.67. The van der Waals surface area contributed by atoms with E-state index in [1.807, 2.05) is 6.20 Å². The van der Waals surface area contributed by atoms with E-state index in [4.69, 9.17) is 4.74 Å². The highest BCUT2D eigenvalue weighted by atomic mass is 19.3. The molecule has 1 aliphatic heterocycles. The van der Waals surface area contributed by atoms with Crippen LogP contribution in [0.3, 0.4) is 0 Å². The number of hydrogen-bond donors (Lipinski definition) is 1. The molecule has 0 spiro atoms. The van der Waals surface area contributed by atoms with E-state index in [-0.39, 0.29) is 30.4 Å². The number of nitrogens with zero attached hydrogens (tertiary/aromatic N) is 3. The summed E-state index contributed by atoms with van der Waals surface area (Å²) in [6, 6.07) is 0. The number of rotatable bonds is 4. The number of ether oxygens (including phenoxy) is 1. The van der Waals surface area contributed by atoms with Gasteiger partial charge in [0.1, 0.15) is 11.3 Å². The van der Waals surface area contributed by atoms with E-state index in [2.05, 4.69) is 14.9 Å². The fourth-order valence-corrected chi connectivity index (χ4v) is 3.80. The number of H-pyrrole nitrogens is 1. The van der Waals surface area contributed by atoms with Crippen LogP contribution in [0, 0.1) is 0 Å². The van der Waals surface area contributed by atoms with Gasteiger partial charge in [-0.05, 0) is 12.8 Å². The molecule has 0 unspecified atom stereocenters. The molecule has 0 bridgehead atoms. The average molecular weight is 352 g/mol. The lowest BCUT2D eigenvalue weighted by Gasteiger charge is -2.37. The van der Waals surface area contributed by atoms with Crippen LogP contribution in [0.25, 0.3) is 5.52 Å². The van der Waals surface area contributed by atoms with Gasteiger partial charge in [-0.2, -0.15) is 0 Å². The van der Waals surface area contributed by atoms with Gasteiger partial charge in [-0.15, -0.1) is 0 Å². The molecule has 0 aromatic carbocycles. The van der Waals surface area contributed by atoms with Crippen LogP contribution in [0.5, 0.6) is 0 Å². The van der Waals surface area contributed by atoms with Crippen LogP contribution in [0.1, 0.15) is 43.1 Å². The van der Waals surface area contributed by atoms with Gasteiger partial charge in [0.2, 0.25) is 5.92 Å². The van der Waals surface area contributed by atoms with E-state index in [1.54, 1.807) is 11.5 Å². The molecule has 1 saturated heterocycles. The summed E-state index contributed by atoms with van der Waals surface area (Å²) in [6.45, 7) is 2.31. The molecule has 2 aliphatic rings. The molecule has 3 heterocycles. The molecule has 8 heteroatoms. The maximum absolute atomic E-state index is 13.4. The van der Waals surface area contributed by atoms with E-state index in [0.29, 0.717) is 24.9 Å². The third-order valence-electron chi connectivity index (χ3n) is 5.35.